The van der Waals surface area contributed by atoms with Crippen molar-refractivity contribution < 1.29 is 5.11 Å². The summed E-state index contributed by atoms with van der Waals surface area (Å²) in [5.74, 6) is 0. The first kappa shape index (κ1) is 10.3. The maximum atomic E-state index is 10.0. The van der Waals surface area contributed by atoms with Crippen LogP contribution >= 0.6 is 11.3 Å². The molecular formula is C12H13NOS. The van der Waals surface area contributed by atoms with Crippen molar-refractivity contribution in [3.63, 3.8) is 0 Å². The molecule has 0 amide bonds. The molecule has 0 saturated carbocycles. The number of aliphatic hydroxyl groups excluding tert-OH is 1. The van der Waals surface area contributed by atoms with Gasteiger partial charge < -0.3 is 5.11 Å². The molecule has 3 heteroatoms. The van der Waals surface area contributed by atoms with Crippen LogP contribution in [0.1, 0.15) is 22.8 Å². The van der Waals surface area contributed by atoms with Gasteiger partial charge in [-0.05, 0) is 40.4 Å². The molecule has 2 rings (SSSR count). The van der Waals surface area contributed by atoms with E-state index in [4.69, 9.17) is 0 Å². The summed E-state index contributed by atoms with van der Waals surface area (Å²) in [5.41, 5.74) is 3.26. The number of hydrogen-bond acceptors (Lipinski definition) is 3. The normalized spacial score (nSPS) is 12.7. The van der Waals surface area contributed by atoms with Crippen LogP contribution in [0, 0.1) is 6.92 Å². The first-order valence-corrected chi connectivity index (χ1v) is 5.81. The summed E-state index contributed by atoms with van der Waals surface area (Å²) in [6, 6.07) is 3.88. The maximum absolute atomic E-state index is 10.0. The van der Waals surface area contributed by atoms with Crippen molar-refractivity contribution in [3.05, 3.63) is 52.0 Å². The Kier molecular flexibility index (Phi) is 3.14. The lowest BCUT2D eigenvalue weighted by molar-refractivity contribution is 0.178. The van der Waals surface area contributed by atoms with Gasteiger partial charge in [0.2, 0.25) is 0 Å². The fourth-order valence-electron chi connectivity index (χ4n) is 1.56. The molecule has 0 radical (unpaired) electrons. The van der Waals surface area contributed by atoms with Crippen LogP contribution in [0.15, 0.2) is 35.3 Å². The average Bonchev–Trinajstić information content (AvgIpc) is 2.66. The molecule has 78 valence electrons. The second-order valence-electron chi connectivity index (χ2n) is 3.59. The van der Waals surface area contributed by atoms with Gasteiger partial charge in [-0.2, -0.15) is 11.3 Å². The Morgan fingerprint density at radius 1 is 1.47 bits per heavy atom. The Morgan fingerprint density at radius 3 is 2.93 bits per heavy atom. The largest absolute Gasteiger partial charge is 0.388 e. The van der Waals surface area contributed by atoms with Crippen LogP contribution in [0.25, 0.3) is 0 Å². The number of aromatic nitrogens is 1. The molecule has 2 aromatic heterocycles. The molecular weight excluding hydrogens is 206 g/mol. The molecule has 0 aliphatic rings. The third-order valence-corrected chi connectivity index (χ3v) is 3.29. The number of thiophene rings is 1. The lowest BCUT2D eigenvalue weighted by Gasteiger charge is -2.09. The molecule has 0 aromatic carbocycles. The van der Waals surface area contributed by atoms with Gasteiger partial charge >= 0.3 is 0 Å². The van der Waals surface area contributed by atoms with Crippen molar-refractivity contribution in [2.45, 2.75) is 19.4 Å². The van der Waals surface area contributed by atoms with Crippen LogP contribution in [0.4, 0.5) is 0 Å². The molecule has 0 aliphatic carbocycles. The van der Waals surface area contributed by atoms with Gasteiger partial charge in [0.25, 0.3) is 0 Å². The number of rotatable bonds is 3. The minimum atomic E-state index is -0.416. The molecule has 2 aromatic rings. The van der Waals surface area contributed by atoms with Gasteiger partial charge in [-0.3, -0.25) is 4.98 Å². The standard InChI is InChI=1S/C12H13NOS/c1-9-7-15-8-11(9)12(14)5-10-3-2-4-13-6-10/h2-4,6-8,12,14H,5H2,1H3. The molecule has 0 aliphatic heterocycles. The van der Waals surface area contributed by atoms with Crippen LogP contribution in [0.5, 0.6) is 0 Å². The van der Waals surface area contributed by atoms with Crippen molar-refractivity contribution in [3.8, 4) is 0 Å². The first-order valence-electron chi connectivity index (χ1n) is 4.87. The Hall–Kier alpha value is -1.19. The van der Waals surface area contributed by atoms with E-state index in [0.717, 1.165) is 16.7 Å². The third-order valence-electron chi connectivity index (χ3n) is 2.41. The Morgan fingerprint density at radius 2 is 2.33 bits per heavy atom. The Balaban J connectivity index is 2.11. The highest BCUT2D eigenvalue weighted by Crippen LogP contribution is 2.24. The summed E-state index contributed by atoms with van der Waals surface area (Å²) in [6.45, 7) is 2.03. The second-order valence-corrected chi connectivity index (χ2v) is 4.33. The molecule has 0 fully saturated rings. The summed E-state index contributed by atoms with van der Waals surface area (Å²) in [7, 11) is 0. The molecule has 1 N–H and O–H groups in total. The summed E-state index contributed by atoms with van der Waals surface area (Å²) in [4.78, 5) is 4.03. The highest BCUT2D eigenvalue weighted by molar-refractivity contribution is 7.08. The molecule has 1 unspecified atom stereocenters. The number of pyridine rings is 1. The lowest BCUT2D eigenvalue weighted by Crippen LogP contribution is -2.02. The summed E-state index contributed by atoms with van der Waals surface area (Å²) < 4.78 is 0. The summed E-state index contributed by atoms with van der Waals surface area (Å²) in [6.07, 6.45) is 3.75. The van der Waals surface area contributed by atoms with Crippen LogP contribution in [-0.2, 0) is 6.42 Å². The van der Waals surface area contributed by atoms with E-state index in [-0.39, 0.29) is 0 Å². The van der Waals surface area contributed by atoms with Crippen LogP contribution in [0.2, 0.25) is 0 Å². The van der Waals surface area contributed by atoms with E-state index in [1.54, 1.807) is 23.7 Å². The Bertz CT molecular complexity index is 424. The number of nitrogens with zero attached hydrogens (tertiary/aromatic N) is 1. The van der Waals surface area contributed by atoms with Gasteiger partial charge in [0.05, 0.1) is 6.10 Å². The van der Waals surface area contributed by atoms with Crippen molar-refractivity contribution >= 4 is 11.3 Å². The molecule has 15 heavy (non-hydrogen) atoms. The molecule has 1 atom stereocenters. The fraction of sp³-hybridized carbons (Fsp3) is 0.250. The summed E-state index contributed by atoms with van der Waals surface area (Å²) >= 11 is 1.63. The minimum Gasteiger partial charge on any atom is -0.388 e. The van der Waals surface area contributed by atoms with E-state index in [0.29, 0.717) is 6.42 Å². The van der Waals surface area contributed by atoms with Gasteiger partial charge in [-0.1, -0.05) is 6.07 Å². The van der Waals surface area contributed by atoms with Gasteiger partial charge in [0.1, 0.15) is 0 Å². The van der Waals surface area contributed by atoms with E-state index < -0.39 is 6.10 Å². The van der Waals surface area contributed by atoms with Crippen LogP contribution in [-0.4, -0.2) is 10.1 Å². The molecule has 0 saturated heterocycles. The van der Waals surface area contributed by atoms with Crippen LogP contribution < -0.4 is 0 Å². The highest BCUT2D eigenvalue weighted by atomic mass is 32.1. The van der Waals surface area contributed by atoms with Gasteiger partial charge in [0, 0.05) is 18.8 Å². The van der Waals surface area contributed by atoms with E-state index in [1.807, 2.05) is 24.4 Å². The fourth-order valence-corrected chi connectivity index (χ4v) is 2.46. The minimum absolute atomic E-state index is 0.416. The summed E-state index contributed by atoms with van der Waals surface area (Å²) in [5, 5.41) is 14.1. The predicted molar refractivity (Wildman–Crippen MR) is 62.0 cm³/mol. The number of aryl methyl sites for hydroxylation is 1. The number of aliphatic hydroxyl groups is 1. The quantitative estimate of drug-likeness (QED) is 0.861. The van der Waals surface area contributed by atoms with E-state index in [9.17, 15) is 5.11 Å². The number of hydrogen-bond donors (Lipinski definition) is 1. The van der Waals surface area contributed by atoms with E-state index in [2.05, 4.69) is 10.4 Å². The van der Waals surface area contributed by atoms with E-state index >= 15 is 0 Å². The highest BCUT2D eigenvalue weighted by Gasteiger charge is 2.11. The zero-order valence-corrected chi connectivity index (χ0v) is 9.37. The Labute approximate surface area is 93.2 Å². The lowest BCUT2D eigenvalue weighted by atomic mass is 10.0. The van der Waals surface area contributed by atoms with Crippen molar-refractivity contribution in [1.29, 1.82) is 0 Å². The monoisotopic (exact) mass is 219 g/mol. The topological polar surface area (TPSA) is 33.1 Å². The van der Waals surface area contributed by atoms with Crippen molar-refractivity contribution in [2.24, 2.45) is 0 Å². The van der Waals surface area contributed by atoms with Gasteiger partial charge in [0.15, 0.2) is 0 Å². The van der Waals surface area contributed by atoms with Crippen molar-refractivity contribution in [1.82, 2.24) is 4.98 Å². The molecule has 2 heterocycles. The van der Waals surface area contributed by atoms with Crippen LogP contribution in [0.3, 0.4) is 0 Å². The van der Waals surface area contributed by atoms with E-state index in [1.165, 1.54) is 0 Å². The smallest absolute Gasteiger partial charge is 0.0841 e. The van der Waals surface area contributed by atoms with Crippen molar-refractivity contribution in [2.75, 3.05) is 0 Å². The average molecular weight is 219 g/mol. The SMILES string of the molecule is Cc1cscc1C(O)Cc1cccnc1. The molecule has 0 spiro atoms. The zero-order chi connectivity index (χ0) is 10.7. The van der Waals surface area contributed by atoms with Gasteiger partial charge in [-0.15, -0.1) is 0 Å². The molecule has 0 bridgehead atoms. The second kappa shape index (κ2) is 4.55. The predicted octanol–water partition coefficient (Wildman–Crippen LogP) is 2.73. The molecule has 2 nitrogen and oxygen atoms in total. The maximum Gasteiger partial charge on any atom is 0.0841 e. The van der Waals surface area contributed by atoms with Gasteiger partial charge in [-0.25, -0.2) is 0 Å². The third kappa shape index (κ3) is 2.43. The first-order chi connectivity index (χ1) is 7.27. The zero-order valence-electron chi connectivity index (χ0n) is 8.55.